The monoisotopic (exact) mass is 243 g/mol. The summed E-state index contributed by atoms with van der Waals surface area (Å²) in [5, 5.41) is 21.5. The van der Waals surface area contributed by atoms with E-state index in [4.69, 9.17) is 16.7 Å². The normalized spacial score (nSPS) is 14.2. The summed E-state index contributed by atoms with van der Waals surface area (Å²) in [5.74, 6) is -1.27. The third-order valence-electron chi connectivity index (χ3n) is 2.21. The fourth-order valence-corrected chi connectivity index (χ4v) is 1.41. The number of carbonyl (C=O) groups is 1. The summed E-state index contributed by atoms with van der Waals surface area (Å²) in [7, 11) is 0. The van der Waals surface area contributed by atoms with E-state index >= 15 is 0 Å². The number of hydrogen-bond donors (Lipinski definition) is 3. The van der Waals surface area contributed by atoms with Gasteiger partial charge in [0.25, 0.3) is 0 Å². The number of hydrogen-bond acceptors (Lipinski definition) is 3. The van der Waals surface area contributed by atoms with Crippen molar-refractivity contribution in [3.63, 3.8) is 0 Å². The van der Waals surface area contributed by atoms with Gasteiger partial charge in [0.05, 0.1) is 17.3 Å². The zero-order valence-corrected chi connectivity index (χ0v) is 9.88. The first-order chi connectivity index (χ1) is 7.33. The van der Waals surface area contributed by atoms with Crippen LogP contribution >= 0.6 is 11.6 Å². The SMILES string of the molecule is Cc1ccc(NCC(C)(O)C(=O)O)c(Cl)c1. The van der Waals surface area contributed by atoms with E-state index in [9.17, 15) is 9.90 Å². The Morgan fingerprint density at radius 1 is 1.56 bits per heavy atom. The van der Waals surface area contributed by atoms with Gasteiger partial charge in [-0.25, -0.2) is 4.79 Å². The molecule has 5 heteroatoms. The van der Waals surface area contributed by atoms with Gasteiger partial charge in [-0.05, 0) is 31.5 Å². The molecule has 3 N–H and O–H groups in total. The number of carboxylic acid groups (broad SMARTS) is 1. The Hall–Kier alpha value is -1.26. The molecule has 1 aromatic rings. The second-order valence-corrected chi connectivity index (χ2v) is 4.32. The van der Waals surface area contributed by atoms with Crippen LogP contribution in [0.4, 0.5) is 5.69 Å². The minimum atomic E-state index is -1.81. The quantitative estimate of drug-likeness (QED) is 0.756. The smallest absolute Gasteiger partial charge is 0.337 e. The van der Waals surface area contributed by atoms with Crippen LogP contribution in [0, 0.1) is 6.92 Å². The molecule has 0 saturated carbocycles. The molecular formula is C11H14ClNO3. The Labute approximate surface area is 98.9 Å². The zero-order valence-electron chi connectivity index (χ0n) is 9.12. The highest BCUT2D eigenvalue weighted by molar-refractivity contribution is 6.33. The summed E-state index contributed by atoms with van der Waals surface area (Å²) >= 11 is 5.95. The van der Waals surface area contributed by atoms with Gasteiger partial charge in [-0.15, -0.1) is 0 Å². The Morgan fingerprint density at radius 2 is 2.19 bits per heavy atom. The van der Waals surface area contributed by atoms with Crippen LogP contribution in [-0.2, 0) is 4.79 Å². The summed E-state index contributed by atoms with van der Waals surface area (Å²) in [6.45, 7) is 3.03. The average molecular weight is 244 g/mol. The number of benzene rings is 1. The number of nitrogens with one attached hydrogen (secondary N) is 1. The summed E-state index contributed by atoms with van der Waals surface area (Å²) in [6.07, 6.45) is 0. The molecule has 0 fully saturated rings. The Morgan fingerprint density at radius 3 is 2.69 bits per heavy atom. The second-order valence-electron chi connectivity index (χ2n) is 3.92. The van der Waals surface area contributed by atoms with Gasteiger partial charge in [-0.3, -0.25) is 0 Å². The molecule has 1 atom stereocenters. The fraction of sp³-hybridized carbons (Fsp3) is 0.364. The highest BCUT2D eigenvalue weighted by Crippen LogP contribution is 2.23. The number of carboxylic acids is 1. The molecule has 1 unspecified atom stereocenters. The number of rotatable bonds is 4. The van der Waals surface area contributed by atoms with Crippen LogP contribution in [0.2, 0.25) is 5.02 Å². The summed E-state index contributed by atoms with van der Waals surface area (Å²) in [4.78, 5) is 10.7. The molecule has 0 spiro atoms. The summed E-state index contributed by atoms with van der Waals surface area (Å²) in [6, 6.07) is 5.36. The van der Waals surface area contributed by atoms with E-state index in [1.165, 1.54) is 6.92 Å². The van der Waals surface area contributed by atoms with Crippen molar-refractivity contribution in [2.24, 2.45) is 0 Å². The van der Waals surface area contributed by atoms with E-state index in [1.54, 1.807) is 12.1 Å². The third-order valence-corrected chi connectivity index (χ3v) is 2.52. The average Bonchev–Trinajstić information content (AvgIpc) is 2.16. The lowest BCUT2D eigenvalue weighted by molar-refractivity contribution is -0.155. The molecule has 0 heterocycles. The van der Waals surface area contributed by atoms with Gasteiger partial charge in [0.2, 0.25) is 0 Å². The van der Waals surface area contributed by atoms with Crippen molar-refractivity contribution < 1.29 is 15.0 Å². The van der Waals surface area contributed by atoms with E-state index in [1.807, 2.05) is 13.0 Å². The molecule has 1 aromatic carbocycles. The van der Waals surface area contributed by atoms with Crippen molar-refractivity contribution in [2.45, 2.75) is 19.4 Å². The van der Waals surface area contributed by atoms with Crippen LogP contribution in [-0.4, -0.2) is 28.3 Å². The van der Waals surface area contributed by atoms with Gasteiger partial charge in [0.15, 0.2) is 5.60 Å². The van der Waals surface area contributed by atoms with E-state index in [0.717, 1.165) is 5.56 Å². The molecule has 0 amide bonds. The molecule has 4 nitrogen and oxygen atoms in total. The van der Waals surface area contributed by atoms with E-state index in [-0.39, 0.29) is 6.54 Å². The Bertz CT molecular complexity index is 404. The number of aryl methyl sites for hydroxylation is 1. The largest absolute Gasteiger partial charge is 0.479 e. The molecule has 0 aliphatic heterocycles. The Balaban J connectivity index is 2.72. The van der Waals surface area contributed by atoms with Gasteiger partial charge >= 0.3 is 5.97 Å². The maximum atomic E-state index is 10.7. The van der Waals surface area contributed by atoms with Gasteiger partial charge < -0.3 is 15.5 Å². The standard InChI is InChI=1S/C11H14ClNO3/c1-7-3-4-9(8(12)5-7)13-6-11(2,16)10(14)15/h3-5,13,16H,6H2,1-2H3,(H,14,15). The fourth-order valence-electron chi connectivity index (χ4n) is 1.11. The molecule has 88 valence electrons. The Kier molecular flexibility index (Phi) is 3.78. The number of aliphatic hydroxyl groups is 1. The van der Waals surface area contributed by atoms with E-state index < -0.39 is 11.6 Å². The number of aliphatic carboxylic acids is 1. The lowest BCUT2D eigenvalue weighted by atomic mass is 10.1. The van der Waals surface area contributed by atoms with Gasteiger partial charge in [0.1, 0.15) is 0 Å². The van der Waals surface area contributed by atoms with E-state index in [0.29, 0.717) is 10.7 Å². The van der Waals surface area contributed by atoms with Crippen molar-refractivity contribution in [1.82, 2.24) is 0 Å². The van der Waals surface area contributed by atoms with Crippen molar-refractivity contribution >= 4 is 23.3 Å². The molecule has 1 rings (SSSR count). The first kappa shape index (κ1) is 12.8. The molecule has 0 radical (unpaired) electrons. The topological polar surface area (TPSA) is 69.6 Å². The molecule has 0 aromatic heterocycles. The number of halogens is 1. The molecule has 16 heavy (non-hydrogen) atoms. The lowest BCUT2D eigenvalue weighted by Crippen LogP contribution is -2.41. The highest BCUT2D eigenvalue weighted by atomic mass is 35.5. The second kappa shape index (κ2) is 4.72. The van der Waals surface area contributed by atoms with Crippen LogP contribution in [0.1, 0.15) is 12.5 Å². The minimum absolute atomic E-state index is 0.106. The molecule has 0 saturated heterocycles. The van der Waals surface area contributed by atoms with Crippen molar-refractivity contribution in [3.8, 4) is 0 Å². The predicted molar refractivity (Wildman–Crippen MR) is 62.9 cm³/mol. The van der Waals surface area contributed by atoms with Crippen molar-refractivity contribution in [3.05, 3.63) is 28.8 Å². The van der Waals surface area contributed by atoms with Crippen molar-refractivity contribution in [2.75, 3.05) is 11.9 Å². The van der Waals surface area contributed by atoms with Crippen LogP contribution in [0.3, 0.4) is 0 Å². The first-order valence-electron chi connectivity index (χ1n) is 4.79. The summed E-state index contributed by atoms with van der Waals surface area (Å²) in [5.41, 5.74) is -0.192. The maximum absolute atomic E-state index is 10.7. The van der Waals surface area contributed by atoms with Crippen LogP contribution < -0.4 is 5.32 Å². The first-order valence-corrected chi connectivity index (χ1v) is 5.16. The zero-order chi connectivity index (χ0) is 12.3. The number of anilines is 1. The molecule has 0 aliphatic carbocycles. The third kappa shape index (κ3) is 3.12. The predicted octanol–water partition coefficient (Wildman–Crippen LogP) is 1.90. The van der Waals surface area contributed by atoms with Crippen LogP contribution in [0.15, 0.2) is 18.2 Å². The molecule has 0 bridgehead atoms. The van der Waals surface area contributed by atoms with Gasteiger partial charge in [-0.2, -0.15) is 0 Å². The minimum Gasteiger partial charge on any atom is -0.479 e. The molecule has 0 aliphatic rings. The van der Waals surface area contributed by atoms with Crippen LogP contribution in [0.25, 0.3) is 0 Å². The molecular weight excluding hydrogens is 230 g/mol. The van der Waals surface area contributed by atoms with E-state index in [2.05, 4.69) is 5.32 Å². The van der Waals surface area contributed by atoms with Gasteiger partial charge in [-0.1, -0.05) is 17.7 Å². The van der Waals surface area contributed by atoms with Crippen LogP contribution in [0.5, 0.6) is 0 Å². The van der Waals surface area contributed by atoms with Gasteiger partial charge in [0, 0.05) is 0 Å². The lowest BCUT2D eigenvalue weighted by Gasteiger charge is -2.19. The van der Waals surface area contributed by atoms with Crippen molar-refractivity contribution in [1.29, 1.82) is 0 Å². The summed E-state index contributed by atoms with van der Waals surface area (Å²) < 4.78 is 0. The maximum Gasteiger partial charge on any atom is 0.337 e. The highest BCUT2D eigenvalue weighted by Gasteiger charge is 2.29.